The number of hydrogen-bond donors (Lipinski definition) is 0. The molecule has 0 aliphatic rings. The van der Waals surface area contributed by atoms with Crippen LogP contribution in [0.3, 0.4) is 0 Å². The lowest BCUT2D eigenvalue weighted by Gasteiger charge is -1.93. The van der Waals surface area contributed by atoms with Crippen molar-refractivity contribution in [1.82, 2.24) is 9.97 Å². The number of hydrogen-bond acceptors (Lipinski definition) is 8. The molecule has 0 saturated heterocycles. The van der Waals surface area contributed by atoms with Crippen LogP contribution in [0.5, 0.6) is 0 Å². The summed E-state index contributed by atoms with van der Waals surface area (Å²) in [7, 11) is 0. The molecule has 0 radical (unpaired) electrons. The lowest BCUT2D eigenvalue weighted by atomic mass is 10.3. The highest BCUT2D eigenvalue weighted by Crippen LogP contribution is 2.40. The van der Waals surface area contributed by atoms with Crippen molar-refractivity contribution in [3.63, 3.8) is 0 Å². The Hall–Kier alpha value is -2.06. The lowest BCUT2D eigenvalue weighted by Crippen LogP contribution is -2.01. The largest absolute Gasteiger partial charge is 0.408 e. The second kappa shape index (κ2) is 3.74. The first kappa shape index (κ1) is 11.7. The smallest absolute Gasteiger partial charge is 0.357 e. The molecule has 0 saturated carbocycles. The van der Waals surface area contributed by atoms with Crippen LogP contribution in [0.1, 0.15) is 11.8 Å². The minimum Gasteiger partial charge on any atom is -0.408 e. The van der Waals surface area contributed by atoms with Crippen molar-refractivity contribution in [2.75, 3.05) is 0 Å². The van der Waals surface area contributed by atoms with Gasteiger partial charge in [0.25, 0.3) is 0 Å². The summed E-state index contributed by atoms with van der Waals surface area (Å²) < 4.78 is 11.7. The van der Waals surface area contributed by atoms with Crippen molar-refractivity contribution in [2.45, 2.75) is 13.8 Å². The fourth-order valence-corrected chi connectivity index (χ4v) is 4.52. The summed E-state index contributed by atoms with van der Waals surface area (Å²) in [5, 5.41) is 0.733. The fraction of sp³-hybridized carbons (Fsp3) is 0.167. The molecule has 0 unspecified atom stereocenters. The first-order valence-electron chi connectivity index (χ1n) is 5.69. The number of fused-ring (bicyclic) bond motifs is 5. The number of thiophene rings is 2. The highest BCUT2D eigenvalue weighted by molar-refractivity contribution is 7.44. The average Bonchev–Trinajstić information content (AvgIpc) is 2.87. The molecule has 4 aromatic rings. The topological polar surface area (TPSA) is 86.2 Å². The summed E-state index contributed by atoms with van der Waals surface area (Å²) >= 11 is 2.53. The van der Waals surface area contributed by atoms with Crippen LogP contribution < -0.4 is 11.3 Å². The zero-order chi connectivity index (χ0) is 14.0. The van der Waals surface area contributed by atoms with Crippen LogP contribution in [0.4, 0.5) is 0 Å². The van der Waals surface area contributed by atoms with E-state index in [0.717, 1.165) is 9.40 Å². The molecular formula is C12H6N2O4S2. The Balaban J connectivity index is 2.38. The summed E-state index contributed by atoms with van der Waals surface area (Å²) in [5.41, 5.74) is 0.271. The Bertz CT molecular complexity index is 1030. The van der Waals surface area contributed by atoms with E-state index in [1.165, 1.54) is 22.7 Å². The van der Waals surface area contributed by atoms with E-state index < -0.39 is 11.3 Å². The number of rotatable bonds is 0. The second-order valence-corrected chi connectivity index (χ2v) is 6.56. The molecule has 0 fully saturated rings. The van der Waals surface area contributed by atoms with Gasteiger partial charge < -0.3 is 8.83 Å². The molecule has 0 atom stereocenters. The molecule has 4 rings (SSSR count). The molecule has 6 nitrogen and oxygen atoms in total. The maximum atomic E-state index is 11.8. The van der Waals surface area contributed by atoms with Crippen molar-refractivity contribution >= 4 is 52.5 Å². The van der Waals surface area contributed by atoms with Crippen LogP contribution in [0.25, 0.3) is 29.8 Å². The minimum absolute atomic E-state index is 0.293. The van der Waals surface area contributed by atoms with E-state index in [-0.39, 0.29) is 0 Å². The van der Waals surface area contributed by atoms with Gasteiger partial charge in [-0.3, -0.25) is 0 Å². The van der Waals surface area contributed by atoms with E-state index in [9.17, 15) is 9.59 Å². The van der Waals surface area contributed by atoms with Gasteiger partial charge in [-0.1, -0.05) is 0 Å². The van der Waals surface area contributed by atoms with Crippen molar-refractivity contribution in [1.29, 1.82) is 0 Å². The van der Waals surface area contributed by atoms with Gasteiger partial charge in [0.2, 0.25) is 0 Å². The molecule has 4 heterocycles. The third-order valence-electron chi connectivity index (χ3n) is 2.89. The zero-order valence-corrected chi connectivity index (χ0v) is 12.0. The predicted octanol–water partition coefficient (Wildman–Crippen LogP) is 2.58. The van der Waals surface area contributed by atoms with Crippen LogP contribution in [-0.2, 0) is 0 Å². The van der Waals surface area contributed by atoms with Gasteiger partial charge in [-0.2, -0.15) is 0 Å². The van der Waals surface area contributed by atoms with E-state index in [4.69, 9.17) is 8.83 Å². The van der Waals surface area contributed by atoms with Crippen LogP contribution in [0.15, 0.2) is 18.4 Å². The highest BCUT2D eigenvalue weighted by atomic mass is 32.2. The third kappa shape index (κ3) is 1.43. The van der Waals surface area contributed by atoms with Gasteiger partial charge in [-0.15, -0.1) is 22.7 Å². The van der Waals surface area contributed by atoms with Crippen molar-refractivity contribution in [3.8, 4) is 0 Å². The summed E-state index contributed by atoms with van der Waals surface area (Å²) in [6.45, 7) is 3.23. The summed E-state index contributed by atoms with van der Waals surface area (Å²) in [6.07, 6.45) is 0. The number of aromatic nitrogens is 2. The van der Waals surface area contributed by atoms with Gasteiger partial charge in [-0.05, 0) is 0 Å². The Morgan fingerprint density at radius 1 is 0.850 bits per heavy atom. The molecule has 0 amide bonds. The van der Waals surface area contributed by atoms with Crippen LogP contribution in [0.2, 0.25) is 0 Å². The Morgan fingerprint density at radius 2 is 1.30 bits per heavy atom. The molecule has 0 aliphatic carbocycles. The quantitative estimate of drug-likeness (QED) is 0.496. The second-order valence-electron chi connectivity index (χ2n) is 4.26. The van der Waals surface area contributed by atoms with Crippen LogP contribution in [-0.4, -0.2) is 9.97 Å². The molecular weight excluding hydrogens is 300 g/mol. The first-order chi connectivity index (χ1) is 9.54. The van der Waals surface area contributed by atoms with Gasteiger partial charge in [0.15, 0.2) is 11.8 Å². The first-order valence-corrected chi connectivity index (χ1v) is 7.32. The van der Waals surface area contributed by atoms with E-state index >= 15 is 0 Å². The van der Waals surface area contributed by atoms with E-state index in [0.29, 0.717) is 32.2 Å². The van der Waals surface area contributed by atoms with Gasteiger partial charge in [0, 0.05) is 13.8 Å². The number of aryl methyl sites for hydroxylation is 2. The van der Waals surface area contributed by atoms with Crippen LogP contribution in [0, 0.1) is 13.8 Å². The van der Waals surface area contributed by atoms with E-state index in [1.807, 2.05) is 0 Å². The Kier molecular flexibility index (Phi) is 2.19. The van der Waals surface area contributed by atoms with E-state index in [1.54, 1.807) is 13.8 Å². The molecule has 8 heteroatoms. The highest BCUT2D eigenvalue weighted by Gasteiger charge is 2.20. The van der Waals surface area contributed by atoms with Crippen molar-refractivity contribution < 1.29 is 8.83 Å². The maximum Gasteiger partial charge on any atom is 0.357 e. The summed E-state index contributed by atoms with van der Waals surface area (Å²) in [4.78, 5) is 32.3. The zero-order valence-electron chi connectivity index (χ0n) is 10.3. The SMILES string of the molecule is Cc1nc2c(sc3sc4c(=O)oc(C)nc4c32)c(=O)o1. The fourth-order valence-electron chi connectivity index (χ4n) is 2.15. The van der Waals surface area contributed by atoms with Crippen molar-refractivity contribution in [2.24, 2.45) is 0 Å². The van der Waals surface area contributed by atoms with Crippen molar-refractivity contribution in [3.05, 3.63) is 32.6 Å². The summed E-state index contributed by atoms with van der Waals surface area (Å²) in [5.74, 6) is 0.586. The third-order valence-corrected chi connectivity index (χ3v) is 5.29. The van der Waals surface area contributed by atoms with Crippen LogP contribution >= 0.6 is 22.7 Å². The average molecular weight is 306 g/mol. The lowest BCUT2D eigenvalue weighted by molar-refractivity contribution is 0.468. The molecule has 0 N–H and O–H groups in total. The van der Waals surface area contributed by atoms with Gasteiger partial charge >= 0.3 is 11.3 Å². The molecule has 0 aliphatic heterocycles. The van der Waals surface area contributed by atoms with E-state index in [2.05, 4.69) is 9.97 Å². The molecule has 0 bridgehead atoms. The summed E-state index contributed by atoms with van der Waals surface area (Å²) in [6, 6.07) is 0. The van der Waals surface area contributed by atoms with Gasteiger partial charge in [-0.25, -0.2) is 19.6 Å². The van der Waals surface area contributed by atoms with Gasteiger partial charge in [0.1, 0.15) is 20.4 Å². The standard InChI is InChI=1S/C12H6N2O4S2/c1-3-13-6-5-7-9(11(16)18-4(2)14-7)20-12(5)19-8(6)10(15)17-3/h1-2H3. The number of nitrogens with zero attached hydrogens (tertiary/aromatic N) is 2. The van der Waals surface area contributed by atoms with Gasteiger partial charge in [0.05, 0.1) is 9.40 Å². The molecule has 4 aromatic heterocycles. The molecule has 0 aromatic carbocycles. The molecule has 100 valence electrons. The Labute approximate surface area is 118 Å². The normalized spacial score (nSPS) is 11.9. The molecule has 20 heavy (non-hydrogen) atoms. The molecule has 0 spiro atoms. The predicted molar refractivity (Wildman–Crippen MR) is 76.9 cm³/mol. The Morgan fingerprint density at radius 3 is 1.75 bits per heavy atom. The minimum atomic E-state index is -0.409. The monoisotopic (exact) mass is 306 g/mol. The maximum absolute atomic E-state index is 11.8.